The summed E-state index contributed by atoms with van der Waals surface area (Å²) in [6.45, 7) is 0. The molecule has 4 nitrogen and oxygen atoms in total. The molecule has 4 heteroatoms. The number of hydrogen-bond donors (Lipinski definition) is 4. The fourth-order valence-corrected chi connectivity index (χ4v) is 2.11. The van der Waals surface area contributed by atoms with Gasteiger partial charge in [-0.2, -0.15) is 0 Å². The molecule has 0 aromatic heterocycles. The number of aryl methyl sites for hydroxylation is 1. The third-order valence-electron chi connectivity index (χ3n) is 2.97. The van der Waals surface area contributed by atoms with Crippen molar-refractivity contribution in [3.63, 3.8) is 0 Å². The van der Waals surface area contributed by atoms with Crippen molar-refractivity contribution in [1.29, 1.82) is 10.8 Å². The summed E-state index contributed by atoms with van der Waals surface area (Å²) in [7, 11) is 0. The lowest BCUT2D eigenvalue weighted by Crippen LogP contribution is -2.28. The van der Waals surface area contributed by atoms with Gasteiger partial charge in [0.1, 0.15) is 5.84 Å². The van der Waals surface area contributed by atoms with Gasteiger partial charge in [-0.05, 0) is 36.5 Å². The van der Waals surface area contributed by atoms with Crippen LogP contribution >= 0.6 is 0 Å². The number of fused-ring (bicyclic) bond motifs is 1. The number of hydrazine groups is 1. The molecule has 0 radical (unpaired) electrons. The zero-order valence-electron chi connectivity index (χ0n) is 9.59. The lowest BCUT2D eigenvalue weighted by molar-refractivity contribution is 0.839. The Kier molecular flexibility index (Phi) is 3.35. The summed E-state index contributed by atoms with van der Waals surface area (Å²) in [4.78, 5) is 0. The molecule has 0 spiro atoms. The number of benzene rings is 1. The highest BCUT2D eigenvalue weighted by Crippen LogP contribution is 2.23. The molecule has 0 atom stereocenters. The first-order chi connectivity index (χ1) is 8.22. The van der Waals surface area contributed by atoms with Gasteiger partial charge in [-0.1, -0.05) is 24.3 Å². The first-order valence-electron chi connectivity index (χ1n) is 5.65. The van der Waals surface area contributed by atoms with E-state index in [4.69, 9.17) is 16.7 Å². The maximum Gasteiger partial charge on any atom is 0.132 e. The van der Waals surface area contributed by atoms with E-state index in [1.165, 1.54) is 5.56 Å². The SMILES string of the molecule is N=C(/C=C1/CCCc2ccccc2C1=N)NN. The molecule has 1 aliphatic rings. The van der Waals surface area contributed by atoms with Crippen molar-refractivity contribution in [2.24, 2.45) is 5.84 Å². The second kappa shape index (κ2) is 4.93. The molecule has 0 unspecified atom stereocenters. The lowest BCUT2D eigenvalue weighted by Gasteiger charge is -2.08. The molecular weight excluding hydrogens is 212 g/mol. The summed E-state index contributed by atoms with van der Waals surface area (Å²) in [6, 6.07) is 7.99. The van der Waals surface area contributed by atoms with Crippen LogP contribution in [0.15, 0.2) is 35.9 Å². The first kappa shape index (κ1) is 11.5. The zero-order valence-corrected chi connectivity index (χ0v) is 9.59. The van der Waals surface area contributed by atoms with Crippen LogP contribution in [0, 0.1) is 10.8 Å². The predicted octanol–water partition coefficient (Wildman–Crippen LogP) is 1.76. The maximum atomic E-state index is 8.20. The topological polar surface area (TPSA) is 85.8 Å². The van der Waals surface area contributed by atoms with Crippen molar-refractivity contribution >= 4 is 11.5 Å². The van der Waals surface area contributed by atoms with Crippen LogP contribution in [-0.2, 0) is 6.42 Å². The molecule has 1 aromatic carbocycles. The van der Waals surface area contributed by atoms with Gasteiger partial charge < -0.3 is 5.43 Å². The Labute approximate surface area is 101 Å². The largest absolute Gasteiger partial charge is 0.309 e. The molecule has 88 valence electrons. The molecule has 0 amide bonds. The third kappa shape index (κ3) is 2.42. The molecule has 0 aliphatic heterocycles. The van der Waals surface area contributed by atoms with Crippen molar-refractivity contribution < 1.29 is 0 Å². The molecule has 1 aromatic rings. The summed E-state index contributed by atoms with van der Waals surface area (Å²) in [5.74, 6) is 5.32. The Balaban J connectivity index is 2.39. The van der Waals surface area contributed by atoms with E-state index in [-0.39, 0.29) is 5.84 Å². The van der Waals surface area contributed by atoms with Gasteiger partial charge in [0.15, 0.2) is 0 Å². The van der Waals surface area contributed by atoms with Crippen LogP contribution in [0.5, 0.6) is 0 Å². The molecule has 0 fully saturated rings. The van der Waals surface area contributed by atoms with Crippen LogP contribution < -0.4 is 11.3 Å². The number of amidine groups is 1. The van der Waals surface area contributed by atoms with E-state index in [1.54, 1.807) is 6.08 Å². The summed E-state index contributed by atoms with van der Waals surface area (Å²) < 4.78 is 0. The van der Waals surface area contributed by atoms with E-state index < -0.39 is 0 Å². The molecule has 0 heterocycles. The third-order valence-corrected chi connectivity index (χ3v) is 2.97. The molecule has 0 saturated heterocycles. The van der Waals surface area contributed by atoms with Gasteiger partial charge in [0.05, 0.1) is 5.71 Å². The van der Waals surface area contributed by atoms with E-state index in [1.807, 2.05) is 18.2 Å². The van der Waals surface area contributed by atoms with E-state index in [9.17, 15) is 0 Å². The molecule has 0 bridgehead atoms. The summed E-state index contributed by atoms with van der Waals surface area (Å²) >= 11 is 0. The Morgan fingerprint density at radius 3 is 2.82 bits per heavy atom. The van der Waals surface area contributed by atoms with E-state index in [0.29, 0.717) is 5.71 Å². The van der Waals surface area contributed by atoms with Gasteiger partial charge >= 0.3 is 0 Å². The molecule has 1 aliphatic carbocycles. The monoisotopic (exact) mass is 228 g/mol. The van der Waals surface area contributed by atoms with Crippen molar-refractivity contribution in [2.45, 2.75) is 19.3 Å². The van der Waals surface area contributed by atoms with Gasteiger partial charge in [-0.15, -0.1) is 0 Å². The minimum atomic E-state index is 0.143. The molecule has 17 heavy (non-hydrogen) atoms. The highest BCUT2D eigenvalue weighted by molar-refractivity contribution is 6.14. The van der Waals surface area contributed by atoms with Crippen molar-refractivity contribution in [3.8, 4) is 0 Å². The highest BCUT2D eigenvalue weighted by Gasteiger charge is 2.16. The van der Waals surface area contributed by atoms with E-state index >= 15 is 0 Å². The lowest BCUT2D eigenvalue weighted by atomic mass is 9.99. The zero-order chi connectivity index (χ0) is 12.3. The molecule has 2 rings (SSSR count). The average Bonchev–Trinajstić information content (AvgIpc) is 2.51. The Hall–Kier alpha value is -1.94. The summed E-state index contributed by atoms with van der Waals surface area (Å²) in [6.07, 6.45) is 4.45. The summed E-state index contributed by atoms with van der Waals surface area (Å²) in [5.41, 5.74) is 5.86. The van der Waals surface area contributed by atoms with Gasteiger partial charge in [0, 0.05) is 5.56 Å². The number of hydrogen-bond acceptors (Lipinski definition) is 3. The van der Waals surface area contributed by atoms with Crippen molar-refractivity contribution in [3.05, 3.63) is 47.0 Å². The van der Waals surface area contributed by atoms with E-state index in [2.05, 4.69) is 11.5 Å². The predicted molar refractivity (Wildman–Crippen MR) is 69.3 cm³/mol. The molecule has 0 saturated carbocycles. The fraction of sp³-hybridized carbons (Fsp3) is 0.231. The van der Waals surface area contributed by atoms with Gasteiger partial charge in [0.25, 0.3) is 0 Å². The quantitative estimate of drug-likeness (QED) is 0.194. The molecule has 5 N–H and O–H groups in total. The van der Waals surface area contributed by atoms with Crippen LogP contribution in [0.25, 0.3) is 0 Å². The number of nitrogens with one attached hydrogen (secondary N) is 3. The van der Waals surface area contributed by atoms with Crippen molar-refractivity contribution in [2.75, 3.05) is 0 Å². The van der Waals surface area contributed by atoms with Crippen LogP contribution in [-0.4, -0.2) is 11.5 Å². The van der Waals surface area contributed by atoms with Crippen molar-refractivity contribution in [1.82, 2.24) is 5.43 Å². The second-order valence-corrected chi connectivity index (χ2v) is 4.11. The Morgan fingerprint density at radius 1 is 1.29 bits per heavy atom. The van der Waals surface area contributed by atoms with Gasteiger partial charge in [0.2, 0.25) is 0 Å². The van der Waals surface area contributed by atoms with Crippen LogP contribution in [0.2, 0.25) is 0 Å². The van der Waals surface area contributed by atoms with Crippen LogP contribution in [0.3, 0.4) is 0 Å². The normalized spacial score (nSPS) is 17.5. The van der Waals surface area contributed by atoms with Gasteiger partial charge in [-0.3, -0.25) is 10.8 Å². The summed E-state index contributed by atoms with van der Waals surface area (Å²) in [5, 5.41) is 15.7. The minimum Gasteiger partial charge on any atom is -0.309 e. The first-order valence-corrected chi connectivity index (χ1v) is 5.65. The smallest absolute Gasteiger partial charge is 0.132 e. The number of rotatable bonds is 1. The number of nitrogens with two attached hydrogens (primary N) is 1. The van der Waals surface area contributed by atoms with Gasteiger partial charge in [-0.25, -0.2) is 5.84 Å². The molecular formula is C13H16N4. The highest BCUT2D eigenvalue weighted by atomic mass is 15.2. The Bertz CT molecular complexity index is 488. The second-order valence-electron chi connectivity index (χ2n) is 4.11. The average molecular weight is 228 g/mol. The Morgan fingerprint density at radius 2 is 2.06 bits per heavy atom. The van der Waals surface area contributed by atoms with Crippen LogP contribution in [0.4, 0.5) is 0 Å². The van der Waals surface area contributed by atoms with Crippen LogP contribution in [0.1, 0.15) is 24.0 Å². The maximum absolute atomic E-state index is 8.20. The minimum absolute atomic E-state index is 0.143. The number of allylic oxidation sites excluding steroid dienone is 1. The standard InChI is InChI=1S/C13H16N4/c14-12(17-16)8-10-6-3-5-9-4-1-2-7-11(9)13(10)15/h1-2,4,7-8,15H,3,5-6,16H2,(H2,14,17)/b10-8-,15-13?. The van der Waals surface area contributed by atoms with E-state index in [0.717, 1.165) is 30.4 Å². The fourth-order valence-electron chi connectivity index (χ4n) is 2.11.